The van der Waals surface area contributed by atoms with Crippen molar-refractivity contribution in [2.24, 2.45) is 0 Å². The van der Waals surface area contributed by atoms with E-state index in [1.165, 1.54) is 0 Å². The zero-order valence-corrected chi connectivity index (χ0v) is 13.0. The first-order chi connectivity index (χ1) is 9.24. The van der Waals surface area contributed by atoms with Crippen LogP contribution in [0.4, 0.5) is 0 Å². The molecule has 1 heterocycles. The van der Waals surface area contributed by atoms with E-state index in [1.807, 2.05) is 42.5 Å². The Kier molecular flexibility index (Phi) is 3.69. The number of nitrogens with zero attached hydrogens (tertiary/aromatic N) is 1. The first-order valence-electron chi connectivity index (χ1n) is 5.70. The van der Waals surface area contributed by atoms with Gasteiger partial charge in [-0.2, -0.15) is 0 Å². The molecule has 1 nitrogen and oxygen atoms in total. The van der Waals surface area contributed by atoms with Crippen LogP contribution in [0.3, 0.4) is 0 Å². The molecule has 0 saturated heterocycles. The summed E-state index contributed by atoms with van der Waals surface area (Å²) in [5.74, 6) is 0. The molecule has 2 aromatic carbocycles. The maximum Gasteiger partial charge on any atom is 0.124 e. The van der Waals surface area contributed by atoms with Crippen molar-refractivity contribution in [2.45, 2.75) is 0 Å². The highest BCUT2D eigenvalue weighted by molar-refractivity contribution is 9.10. The molecule has 0 fully saturated rings. The number of rotatable bonds is 2. The molecule has 3 aromatic rings. The van der Waals surface area contributed by atoms with Crippen LogP contribution >= 0.6 is 38.9 Å². The van der Waals surface area contributed by atoms with Crippen LogP contribution in [0.15, 0.2) is 58.4 Å². The average Bonchev–Trinajstić information content (AvgIpc) is 2.89. The van der Waals surface area contributed by atoms with E-state index in [0.29, 0.717) is 0 Å². The van der Waals surface area contributed by atoms with Crippen LogP contribution in [0.2, 0.25) is 5.02 Å². The second-order valence-electron chi connectivity index (χ2n) is 4.02. The van der Waals surface area contributed by atoms with Crippen LogP contribution in [0, 0.1) is 0 Å². The summed E-state index contributed by atoms with van der Waals surface area (Å²) in [7, 11) is 0. The van der Waals surface area contributed by atoms with E-state index < -0.39 is 0 Å². The van der Waals surface area contributed by atoms with E-state index in [-0.39, 0.29) is 0 Å². The van der Waals surface area contributed by atoms with Gasteiger partial charge in [0.25, 0.3) is 0 Å². The van der Waals surface area contributed by atoms with Gasteiger partial charge >= 0.3 is 0 Å². The fraction of sp³-hybridized carbons (Fsp3) is 0. The molecule has 0 aliphatic heterocycles. The molecule has 3 rings (SSSR count). The zero-order valence-electron chi connectivity index (χ0n) is 9.81. The minimum atomic E-state index is 0.742. The molecule has 0 aliphatic rings. The standard InChI is InChI=1S/C15H9BrClNS/c16-13-4-2-1-3-12(13)14-9-19-15(18-14)10-5-7-11(17)8-6-10/h1-9H. The van der Waals surface area contributed by atoms with Crippen molar-refractivity contribution in [2.75, 3.05) is 0 Å². The van der Waals surface area contributed by atoms with Gasteiger partial charge in [-0.25, -0.2) is 4.98 Å². The lowest BCUT2D eigenvalue weighted by atomic mass is 10.2. The van der Waals surface area contributed by atoms with Crippen molar-refractivity contribution >= 4 is 38.9 Å². The molecule has 0 N–H and O–H groups in total. The fourth-order valence-electron chi connectivity index (χ4n) is 1.79. The van der Waals surface area contributed by atoms with Gasteiger partial charge in [-0.05, 0) is 18.2 Å². The number of thiazole rings is 1. The smallest absolute Gasteiger partial charge is 0.124 e. The second kappa shape index (κ2) is 5.45. The monoisotopic (exact) mass is 349 g/mol. The summed E-state index contributed by atoms with van der Waals surface area (Å²) in [4.78, 5) is 4.69. The Hall–Kier alpha value is -1.16. The minimum Gasteiger partial charge on any atom is -0.236 e. The maximum atomic E-state index is 5.90. The summed E-state index contributed by atoms with van der Waals surface area (Å²) in [6.07, 6.45) is 0. The second-order valence-corrected chi connectivity index (χ2v) is 6.17. The molecule has 0 atom stereocenters. The van der Waals surface area contributed by atoms with Crippen molar-refractivity contribution in [3.05, 3.63) is 63.4 Å². The summed E-state index contributed by atoms with van der Waals surface area (Å²) in [6, 6.07) is 15.9. The Morgan fingerprint density at radius 1 is 1.00 bits per heavy atom. The first kappa shape index (κ1) is 12.9. The molecule has 1 aromatic heterocycles. The zero-order chi connectivity index (χ0) is 13.2. The van der Waals surface area contributed by atoms with Crippen LogP contribution < -0.4 is 0 Å². The van der Waals surface area contributed by atoms with E-state index in [4.69, 9.17) is 11.6 Å². The summed E-state index contributed by atoms with van der Waals surface area (Å²) >= 11 is 11.1. The highest BCUT2D eigenvalue weighted by atomic mass is 79.9. The van der Waals surface area contributed by atoms with E-state index >= 15 is 0 Å². The molecule has 0 spiro atoms. The molecular weight excluding hydrogens is 342 g/mol. The maximum absolute atomic E-state index is 5.90. The molecule has 0 amide bonds. The molecule has 0 saturated carbocycles. The molecule has 0 bridgehead atoms. The van der Waals surface area contributed by atoms with E-state index in [9.17, 15) is 0 Å². The quantitative estimate of drug-likeness (QED) is 0.561. The van der Waals surface area contributed by atoms with Crippen molar-refractivity contribution < 1.29 is 0 Å². The predicted octanol–water partition coefficient (Wildman–Crippen LogP) is 5.89. The molecular formula is C15H9BrClNS. The van der Waals surface area contributed by atoms with Crippen LogP contribution in [0.5, 0.6) is 0 Å². The number of aromatic nitrogens is 1. The molecule has 0 radical (unpaired) electrons. The van der Waals surface area contributed by atoms with E-state index in [1.54, 1.807) is 11.3 Å². The van der Waals surface area contributed by atoms with Gasteiger partial charge in [-0.1, -0.05) is 57.9 Å². The number of hydrogen-bond donors (Lipinski definition) is 0. The van der Waals surface area contributed by atoms with Crippen LogP contribution in [0.25, 0.3) is 21.8 Å². The SMILES string of the molecule is Clc1ccc(-c2nc(-c3ccccc3Br)cs2)cc1. The van der Waals surface area contributed by atoms with Gasteiger partial charge in [0.15, 0.2) is 0 Å². The van der Waals surface area contributed by atoms with Crippen molar-refractivity contribution in [3.63, 3.8) is 0 Å². The van der Waals surface area contributed by atoms with E-state index in [2.05, 4.69) is 32.4 Å². The number of halogens is 2. The Bertz CT molecular complexity index is 706. The highest BCUT2D eigenvalue weighted by Crippen LogP contribution is 2.32. The fourth-order valence-corrected chi connectivity index (χ4v) is 3.23. The normalized spacial score (nSPS) is 10.6. The predicted molar refractivity (Wildman–Crippen MR) is 85.7 cm³/mol. The van der Waals surface area contributed by atoms with Gasteiger partial charge in [0, 0.05) is 26.0 Å². The molecule has 0 unspecified atom stereocenters. The highest BCUT2D eigenvalue weighted by Gasteiger charge is 2.08. The topological polar surface area (TPSA) is 12.9 Å². The number of benzene rings is 2. The van der Waals surface area contributed by atoms with Crippen molar-refractivity contribution in [1.29, 1.82) is 0 Å². The van der Waals surface area contributed by atoms with Gasteiger partial charge in [-0.3, -0.25) is 0 Å². The lowest BCUT2D eigenvalue weighted by Crippen LogP contribution is -1.80. The Labute approximate surface area is 129 Å². The van der Waals surface area contributed by atoms with Crippen LogP contribution in [-0.4, -0.2) is 4.98 Å². The third kappa shape index (κ3) is 2.73. The van der Waals surface area contributed by atoms with Gasteiger partial charge in [0.1, 0.15) is 5.01 Å². The van der Waals surface area contributed by atoms with Crippen molar-refractivity contribution in [1.82, 2.24) is 4.98 Å². The summed E-state index contributed by atoms with van der Waals surface area (Å²) in [6.45, 7) is 0. The summed E-state index contributed by atoms with van der Waals surface area (Å²) in [5, 5.41) is 3.82. The average molecular weight is 351 g/mol. The Balaban J connectivity index is 2.00. The Morgan fingerprint density at radius 3 is 2.47 bits per heavy atom. The van der Waals surface area contributed by atoms with Gasteiger partial charge < -0.3 is 0 Å². The third-order valence-electron chi connectivity index (χ3n) is 2.75. The lowest BCUT2D eigenvalue weighted by Gasteiger charge is -1.99. The third-order valence-corrected chi connectivity index (χ3v) is 4.58. The summed E-state index contributed by atoms with van der Waals surface area (Å²) < 4.78 is 1.06. The van der Waals surface area contributed by atoms with Gasteiger partial charge in [0.05, 0.1) is 5.69 Å². The van der Waals surface area contributed by atoms with Crippen LogP contribution in [0.1, 0.15) is 0 Å². The van der Waals surface area contributed by atoms with Gasteiger partial charge in [0.2, 0.25) is 0 Å². The number of hydrogen-bond acceptors (Lipinski definition) is 2. The molecule has 0 aliphatic carbocycles. The lowest BCUT2D eigenvalue weighted by molar-refractivity contribution is 1.39. The minimum absolute atomic E-state index is 0.742. The van der Waals surface area contributed by atoms with Gasteiger partial charge in [-0.15, -0.1) is 11.3 Å². The Morgan fingerprint density at radius 2 is 1.74 bits per heavy atom. The van der Waals surface area contributed by atoms with E-state index in [0.717, 1.165) is 31.3 Å². The molecule has 94 valence electrons. The van der Waals surface area contributed by atoms with Crippen molar-refractivity contribution in [3.8, 4) is 21.8 Å². The summed E-state index contributed by atoms with van der Waals surface area (Å²) in [5.41, 5.74) is 3.19. The largest absolute Gasteiger partial charge is 0.236 e. The first-order valence-corrected chi connectivity index (χ1v) is 7.75. The van der Waals surface area contributed by atoms with Crippen LogP contribution in [-0.2, 0) is 0 Å². The molecule has 19 heavy (non-hydrogen) atoms. The molecule has 4 heteroatoms.